The van der Waals surface area contributed by atoms with Crippen molar-refractivity contribution < 1.29 is 0 Å². The molecule has 0 amide bonds. The highest BCUT2D eigenvalue weighted by molar-refractivity contribution is 7.05. The van der Waals surface area contributed by atoms with Gasteiger partial charge in [-0.15, -0.1) is 0 Å². The van der Waals surface area contributed by atoms with Crippen molar-refractivity contribution in [3.63, 3.8) is 0 Å². The first-order valence-electron chi connectivity index (χ1n) is 5.32. The van der Waals surface area contributed by atoms with Crippen LogP contribution in [0.5, 0.6) is 0 Å². The molecule has 14 heavy (non-hydrogen) atoms. The van der Waals surface area contributed by atoms with Gasteiger partial charge in [0.15, 0.2) is 6.71 Å². The summed E-state index contributed by atoms with van der Waals surface area (Å²) >= 11 is 1.58. The lowest BCUT2D eigenvalue weighted by molar-refractivity contribution is 0.177. The van der Waals surface area contributed by atoms with Gasteiger partial charge in [-0.3, -0.25) is 0 Å². The highest BCUT2D eigenvalue weighted by atomic mass is 32.1. The molecule has 0 atom stereocenters. The van der Waals surface area contributed by atoms with Crippen molar-refractivity contribution >= 4 is 23.7 Å². The van der Waals surface area contributed by atoms with Crippen molar-refractivity contribution in [2.24, 2.45) is 10.8 Å². The summed E-state index contributed by atoms with van der Waals surface area (Å²) in [6.45, 7) is 10.3. The fourth-order valence-electron chi connectivity index (χ4n) is 2.51. The second kappa shape index (κ2) is 3.09. The molecule has 0 saturated carbocycles. The molecule has 1 saturated heterocycles. The lowest BCUT2D eigenvalue weighted by Gasteiger charge is -2.35. The normalized spacial score (nSPS) is 24.1. The van der Waals surface area contributed by atoms with Crippen LogP contribution in [0.4, 0.5) is 0 Å². The summed E-state index contributed by atoms with van der Waals surface area (Å²) < 4.78 is 4.20. The van der Waals surface area contributed by atoms with E-state index in [1.54, 1.807) is 11.5 Å². The van der Waals surface area contributed by atoms with Crippen LogP contribution in [0, 0.1) is 10.8 Å². The zero-order valence-electron chi connectivity index (χ0n) is 9.50. The van der Waals surface area contributed by atoms with Crippen LogP contribution >= 0.6 is 11.5 Å². The second-order valence-corrected chi connectivity index (χ2v) is 6.49. The van der Waals surface area contributed by atoms with Crippen LogP contribution < -0.4 is 5.46 Å². The summed E-state index contributed by atoms with van der Waals surface area (Å²) in [7, 11) is 0. The van der Waals surface area contributed by atoms with Gasteiger partial charge < -0.3 is 0 Å². The number of hydrogen-bond acceptors (Lipinski definition) is 2. The van der Waals surface area contributed by atoms with Crippen LogP contribution in [0.3, 0.4) is 0 Å². The van der Waals surface area contributed by atoms with E-state index in [4.69, 9.17) is 0 Å². The van der Waals surface area contributed by atoms with Gasteiger partial charge in [0.05, 0.1) is 0 Å². The molecule has 0 aliphatic carbocycles. The van der Waals surface area contributed by atoms with E-state index in [2.05, 4.69) is 37.4 Å². The molecule has 0 spiro atoms. The Bertz CT molecular complexity index is 300. The molecule has 1 fully saturated rings. The monoisotopic (exact) mass is 207 g/mol. The van der Waals surface area contributed by atoms with Crippen molar-refractivity contribution in [1.82, 2.24) is 4.37 Å². The summed E-state index contributed by atoms with van der Waals surface area (Å²) in [5.74, 6) is 0. The molecule has 1 aromatic heterocycles. The largest absolute Gasteiger partial charge is 0.202 e. The molecule has 0 N–H and O–H groups in total. The molecule has 0 unspecified atom stereocenters. The molecule has 2 heterocycles. The minimum atomic E-state index is 0.458. The maximum atomic E-state index is 4.20. The molecule has 76 valence electrons. The van der Waals surface area contributed by atoms with Gasteiger partial charge in [0.1, 0.15) is 0 Å². The van der Waals surface area contributed by atoms with Gasteiger partial charge >= 0.3 is 0 Å². The third-order valence-electron chi connectivity index (χ3n) is 4.27. The SMILES string of the molecule is CC1(C)CB(c2cnsc2)CC1(C)C. The summed E-state index contributed by atoms with van der Waals surface area (Å²) in [5.41, 5.74) is 2.37. The predicted octanol–water partition coefficient (Wildman–Crippen LogP) is 2.91. The van der Waals surface area contributed by atoms with Crippen LogP contribution in [-0.2, 0) is 0 Å². The smallest absolute Gasteiger partial charge is 0.180 e. The van der Waals surface area contributed by atoms with E-state index in [-0.39, 0.29) is 0 Å². The maximum absolute atomic E-state index is 4.20. The summed E-state index contributed by atoms with van der Waals surface area (Å²) in [6, 6.07) is 0. The number of hydrogen-bond donors (Lipinski definition) is 0. The van der Waals surface area contributed by atoms with E-state index >= 15 is 0 Å². The minimum Gasteiger partial charge on any atom is -0.202 e. The Morgan fingerprint density at radius 3 is 2.21 bits per heavy atom. The van der Waals surface area contributed by atoms with Crippen molar-refractivity contribution in [2.45, 2.75) is 40.3 Å². The van der Waals surface area contributed by atoms with Gasteiger partial charge in [0.25, 0.3) is 0 Å². The molecule has 0 aromatic carbocycles. The molecule has 0 radical (unpaired) electrons. The zero-order valence-corrected chi connectivity index (χ0v) is 10.3. The highest BCUT2D eigenvalue weighted by Crippen LogP contribution is 2.52. The summed E-state index contributed by atoms with van der Waals surface area (Å²) in [5, 5.41) is 2.21. The average molecular weight is 207 g/mol. The molecule has 3 heteroatoms. The molecule has 1 nitrogen and oxygen atoms in total. The van der Waals surface area contributed by atoms with Gasteiger partial charge in [0.2, 0.25) is 0 Å². The third-order valence-corrected chi connectivity index (χ3v) is 4.87. The Morgan fingerprint density at radius 1 is 1.21 bits per heavy atom. The molecule has 0 bridgehead atoms. The second-order valence-electron chi connectivity index (χ2n) is 5.83. The maximum Gasteiger partial charge on any atom is 0.180 e. The van der Waals surface area contributed by atoms with E-state index in [1.165, 1.54) is 18.1 Å². The van der Waals surface area contributed by atoms with Crippen LogP contribution in [0.15, 0.2) is 11.6 Å². The quantitative estimate of drug-likeness (QED) is 0.645. The Hall–Kier alpha value is -0.305. The van der Waals surface area contributed by atoms with E-state index in [0.29, 0.717) is 10.8 Å². The van der Waals surface area contributed by atoms with Crippen molar-refractivity contribution in [2.75, 3.05) is 0 Å². The fourth-order valence-corrected chi connectivity index (χ4v) is 3.13. The first kappa shape index (κ1) is 10.2. The van der Waals surface area contributed by atoms with Crippen molar-refractivity contribution in [3.8, 4) is 0 Å². The fraction of sp³-hybridized carbons (Fsp3) is 0.727. The van der Waals surface area contributed by atoms with Gasteiger partial charge in [0, 0.05) is 11.6 Å². The molecule has 1 aliphatic heterocycles. The number of aromatic nitrogens is 1. The van der Waals surface area contributed by atoms with Gasteiger partial charge in [-0.2, -0.15) is 0 Å². The van der Waals surface area contributed by atoms with Crippen LogP contribution in [0.25, 0.3) is 0 Å². The van der Waals surface area contributed by atoms with E-state index < -0.39 is 0 Å². The van der Waals surface area contributed by atoms with Gasteiger partial charge in [-0.25, -0.2) is 4.37 Å². The molecular formula is C11H18BNS. The summed E-state index contributed by atoms with van der Waals surface area (Å²) in [4.78, 5) is 0. The first-order valence-corrected chi connectivity index (χ1v) is 6.15. The van der Waals surface area contributed by atoms with Gasteiger partial charge in [-0.05, 0) is 27.8 Å². The zero-order chi connectivity index (χ0) is 10.4. The van der Waals surface area contributed by atoms with Crippen molar-refractivity contribution in [3.05, 3.63) is 11.6 Å². The summed E-state index contributed by atoms with van der Waals surface area (Å²) in [6.07, 6.45) is 4.66. The molecular weight excluding hydrogens is 189 g/mol. The molecule has 1 aliphatic rings. The first-order chi connectivity index (χ1) is 6.42. The standard InChI is InChI=1S/C11H18BNS/c1-10(2)7-12(8-11(10,3)4)9-5-13-14-6-9/h5-6H,7-8H2,1-4H3. The topological polar surface area (TPSA) is 12.9 Å². The van der Waals surface area contributed by atoms with Crippen LogP contribution in [-0.4, -0.2) is 11.1 Å². The average Bonchev–Trinajstić information content (AvgIpc) is 2.58. The lowest BCUT2D eigenvalue weighted by atomic mass is 9.43. The Morgan fingerprint density at radius 2 is 1.79 bits per heavy atom. The Kier molecular flexibility index (Phi) is 2.26. The highest BCUT2D eigenvalue weighted by Gasteiger charge is 2.48. The molecule has 2 rings (SSSR count). The Balaban J connectivity index is 2.22. The van der Waals surface area contributed by atoms with E-state index in [9.17, 15) is 0 Å². The van der Waals surface area contributed by atoms with Crippen molar-refractivity contribution in [1.29, 1.82) is 0 Å². The number of nitrogens with zero attached hydrogens (tertiary/aromatic N) is 1. The number of rotatable bonds is 1. The van der Waals surface area contributed by atoms with Crippen LogP contribution in [0.2, 0.25) is 12.6 Å². The van der Waals surface area contributed by atoms with E-state index in [1.807, 2.05) is 6.20 Å². The predicted molar refractivity (Wildman–Crippen MR) is 64.7 cm³/mol. The third kappa shape index (κ3) is 1.52. The minimum absolute atomic E-state index is 0.458. The molecule has 1 aromatic rings. The van der Waals surface area contributed by atoms with Crippen LogP contribution in [0.1, 0.15) is 27.7 Å². The van der Waals surface area contributed by atoms with Gasteiger partial charge in [-0.1, -0.05) is 40.3 Å². The lowest BCUT2D eigenvalue weighted by Crippen LogP contribution is -2.26. The van der Waals surface area contributed by atoms with E-state index in [0.717, 1.165) is 6.71 Å². The Labute approximate surface area is 91.2 Å².